The van der Waals surface area contributed by atoms with Gasteiger partial charge < -0.3 is 5.32 Å². The van der Waals surface area contributed by atoms with Crippen LogP contribution in [0.3, 0.4) is 0 Å². The van der Waals surface area contributed by atoms with E-state index in [0.717, 1.165) is 11.4 Å². The summed E-state index contributed by atoms with van der Waals surface area (Å²) in [6, 6.07) is 35.6. The monoisotopic (exact) mass is 475 g/mol. The van der Waals surface area contributed by atoms with E-state index in [0.29, 0.717) is 0 Å². The largest absolute Gasteiger partial charge is 0.355 e. The first-order valence-electron chi connectivity index (χ1n) is 13.0. The lowest BCUT2D eigenvalue weighted by Crippen LogP contribution is -2.19. The molecule has 186 valence electrons. The van der Waals surface area contributed by atoms with Crippen molar-refractivity contribution in [3.8, 4) is 11.1 Å². The van der Waals surface area contributed by atoms with Gasteiger partial charge in [-0.1, -0.05) is 128 Å². The van der Waals surface area contributed by atoms with Crippen LogP contribution in [0, 0.1) is 0 Å². The van der Waals surface area contributed by atoms with Gasteiger partial charge in [0, 0.05) is 22.4 Å². The Hall–Kier alpha value is -3.32. The van der Waals surface area contributed by atoms with E-state index in [1.165, 1.54) is 33.4 Å². The van der Waals surface area contributed by atoms with Crippen molar-refractivity contribution < 1.29 is 0 Å². The van der Waals surface area contributed by atoms with Gasteiger partial charge in [-0.3, -0.25) is 0 Å². The second-order valence-electron chi connectivity index (χ2n) is 12.5. The highest BCUT2D eigenvalue weighted by Crippen LogP contribution is 2.39. The summed E-state index contributed by atoms with van der Waals surface area (Å²) in [6.07, 6.45) is 0. The average molecular weight is 476 g/mol. The molecule has 0 bridgehead atoms. The van der Waals surface area contributed by atoms with Crippen LogP contribution < -0.4 is 5.32 Å². The Morgan fingerprint density at radius 3 is 1.50 bits per heavy atom. The van der Waals surface area contributed by atoms with Crippen molar-refractivity contribution in [3.05, 3.63) is 119 Å². The van der Waals surface area contributed by atoms with Crippen molar-refractivity contribution in [3.63, 3.8) is 0 Å². The molecule has 1 nitrogen and oxygen atoms in total. The Morgan fingerprint density at radius 2 is 0.972 bits per heavy atom. The Morgan fingerprint density at radius 1 is 0.472 bits per heavy atom. The second-order valence-corrected chi connectivity index (χ2v) is 12.5. The zero-order valence-electron chi connectivity index (χ0n) is 23.2. The highest BCUT2D eigenvalue weighted by Gasteiger charge is 2.24. The molecule has 0 radical (unpaired) electrons. The molecule has 0 aliphatic heterocycles. The van der Waals surface area contributed by atoms with E-state index in [-0.39, 0.29) is 16.2 Å². The number of anilines is 2. The van der Waals surface area contributed by atoms with Crippen LogP contribution in [0.1, 0.15) is 77.6 Å². The van der Waals surface area contributed by atoms with Crippen LogP contribution in [-0.2, 0) is 16.2 Å². The fraction of sp³-hybridized carbons (Fsp3) is 0.314. The summed E-state index contributed by atoms with van der Waals surface area (Å²) in [4.78, 5) is 0. The number of rotatable bonds is 5. The van der Waals surface area contributed by atoms with E-state index < -0.39 is 0 Å². The average Bonchev–Trinajstić information content (AvgIpc) is 2.84. The lowest BCUT2D eigenvalue weighted by atomic mass is 9.77. The fourth-order valence-electron chi connectivity index (χ4n) is 4.66. The normalized spacial score (nSPS) is 12.4. The van der Waals surface area contributed by atoms with Gasteiger partial charge in [0.15, 0.2) is 0 Å². The van der Waals surface area contributed by atoms with Gasteiger partial charge in [-0.2, -0.15) is 0 Å². The fourth-order valence-corrected chi connectivity index (χ4v) is 4.66. The lowest BCUT2D eigenvalue weighted by Gasteiger charge is -2.28. The van der Waals surface area contributed by atoms with Gasteiger partial charge in [-0.15, -0.1) is 0 Å². The SMILES string of the molecule is CC(C)(C)c1ccc(Nc2ccc(C(C)(C)c3ccccc3)cc2-c2ccc(C(C)(C)C)cc2)cc1. The van der Waals surface area contributed by atoms with Gasteiger partial charge in [0.1, 0.15) is 0 Å². The molecule has 0 unspecified atom stereocenters. The Bertz CT molecular complexity index is 1300. The minimum absolute atomic E-state index is 0.103. The maximum Gasteiger partial charge on any atom is 0.0464 e. The van der Waals surface area contributed by atoms with Gasteiger partial charge in [-0.05, 0) is 62.9 Å². The van der Waals surface area contributed by atoms with Crippen LogP contribution in [0.4, 0.5) is 11.4 Å². The smallest absolute Gasteiger partial charge is 0.0464 e. The molecule has 0 saturated heterocycles. The van der Waals surface area contributed by atoms with Crippen molar-refractivity contribution >= 4 is 11.4 Å². The molecule has 0 aliphatic carbocycles. The topological polar surface area (TPSA) is 12.0 Å². The predicted octanol–water partition coefficient (Wildman–Crippen LogP) is 10.0. The number of hydrogen-bond donors (Lipinski definition) is 1. The van der Waals surface area contributed by atoms with E-state index >= 15 is 0 Å². The summed E-state index contributed by atoms with van der Waals surface area (Å²) in [5.74, 6) is 0. The van der Waals surface area contributed by atoms with Crippen molar-refractivity contribution in [1.82, 2.24) is 0 Å². The maximum atomic E-state index is 3.71. The summed E-state index contributed by atoms with van der Waals surface area (Å²) < 4.78 is 0. The Kier molecular flexibility index (Phi) is 6.88. The second kappa shape index (κ2) is 9.62. The highest BCUT2D eigenvalue weighted by atomic mass is 14.9. The predicted molar refractivity (Wildman–Crippen MR) is 158 cm³/mol. The molecule has 0 spiro atoms. The van der Waals surface area contributed by atoms with Gasteiger partial charge in [0.25, 0.3) is 0 Å². The Balaban J connectivity index is 1.78. The molecule has 0 fully saturated rings. The van der Waals surface area contributed by atoms with Crippen LogP contribution in [0.15, 0.2) is 97.1 Å². The molecule has 0 aromatic heterocycles. The van der Waals surface area contributed by atoms with Crippen LogP contribution in [-0.4, -0.2) is 0 Å². The van der Waals surface area contributed by atoms with Crippen molar-refractivity contribution in [2.45, 2.75) is 71.6 Å². The maximum absolute atomic E-state index is 3.71. The molecule has 0 saturated carbocycles. The molecule has 1 heteroatoms. The van der Waals surface area contributed by atoms with Crippen molar-refractivity contribution in [2.24, 2.45) is 0 Å². The summed E-state index contributed by atoms with van der Waals surface area (Å²) in [7, 11) is 0. The third kappa shape index (κ3) is 5.57. The molecular formula is C35H41N. The zero-order chi connectivity index (χ0) is 26.1. The van der Waals surface area contributed by atoms with Crippen LogP contribution in [0.25, 0.3) is 11.1 Å². The third-order valence-electron chi connectivity index (χ3n) is 7.33. The summed E-state index contributed by atoms with van der Waals surface area (Å²) in [5, 5.41) is 3.71. The van der Waals surface area contributed by atoms with E-state index in [2.05, 4.69) is 158 Å². The number of benzene rings is 4. The van der Waals surface area contributed by atoms with E-state index in [1.54, 1.807) is 0 Å². The molecule has 4 aromatic carbocycles. The van der Waals surface area contributed by atoms with Gasteiger partial charge >= 0.3 is 0 Å². The summed E-state index contributed by atoms with van der Waals surface area (Å²) >= 11 is 0. The van der Waals surface area contributed by atoms with Gasteiger partial charge in [-0.25, -0.2) is 0 Å². The molecular weight excluding hydrogens is 434 g/mol. The number of nitrogens with one attached hydrogen (secondary N) is 1. The Labute approximate surface area is 218 Å². The van der Waals surface area contributed by atoms with E-state index in [4.69, 9.17) is 0 Å². The third-order valence-corrected chi connectivity index (χ3v) is 7.33. The molecule has 4 aromatic rings. The standard InChI is InChI=1S/C35H41N/c1-33(2,3)26-16-14-25(15-17-26)31-24-29(35(7,8)28-12-10-9-11-13-28)20-23-32(31)36-30-21-18-27(19-22-30)34(4,5)6/h9-24,36H,1-8H3. The van der Waals surface area contributed by atoms with Crippen LogP contribution in [0.2, 0.25) is 0 Å². The van der Waals surface area contributed by atoms with Crippen LogP contribution >= 0.6 is 0 Å². The summed E-state index contributed by atoms with van der Waals surface area (Å²) in [6.45, 7) is 18.2. The first-order chi connectivity index (χ1) is 16.9. The number of hydrogen-bond acceptors (Lipinski definition) is 1. The first kappa shape index (κ1) is 25.8. The van der Waals surface area contributed by atoms with E-state index in [1.807, 2.05) is 0 Å². The van der Waals surface area contributed by atoms with Crippen molar-refractivity contribution in [1.29, 1.82) is 0 Å². The highest BCUT2D eigenvalue weighted by molar-refractivity contribution is 5.82. The first-order valence-corrected chi connectivity index (χ1v) is 13.0. The summed E-state index contributed by atoms with van der Waals surface area (Å²) in [5.41, 5.74) is 10.1. The van der Waals surface area contributed by atoms with E-state index in [9.17, 15) is 0 Å². The lowest BCUT2D eigenvalue weighted by molar-refractivity contribution is 0.590. The van der Waals surface area contributed by atoms with Gasteiger partial charge in [0.2, 0.25) is 0 Å². The molecule has 4 rings (SSSR count). The molecule has 0 heterocycles. The molecule has 0 aliphatic rings. The van der Waals surface area contributed by atoms with Crippen molar-refractivity contribution in [2.75, 3.05) is 5.32 Å². The molecule has 0 amide bonds. The minimum Gasteiger partial charge on any atom is -0.355 e. The molecule has 0 atom stereocenters. The molecule has 36 heavy (non-hydrogen) atoms. The van der Waals surface area contributed by atoms with Crippen LogP contribution in [0.5, 0.6) is 0 Å². The van der Waals surface area contributed by atoms with Gasteiger partial charge in [0.05, 0.1) is 0 Å². The zero-order valence-corrected chi connectivity index (χ0v) is 23.2. The minimum atomic E-state index is -0.103. The molecule has 1 N–H and O–H groups in total. The quantitative estimate of drug-likeness (QED) is 0.303.